The molecule has 2 rings (SSSR count). The summed E-state index contributed by atoms with van der Waals surface area (Å²) in [5, 5.41) is 0. The molecular weight excluding hydrogens is 252 g/mol. The lowest BCUT2D eigenvalue weighted by Gasteiger charge is -2.19. The van der Waals surface area contributed by atoms with Gasteiger partial charge in [0.2, 0.25) is 0 Å². The van der Waals surface area contributed by atoms with E-state index in [-0.39, 0.29) is 5.97 Å². The van der Waals surface area contributed by atoms with E-state index in [1.807, 2.05) is 32.9 Å². The standard InChI is InChI=1S/C15H18O3.C2H6/c1-3-18-15(16)9-12-6-4-5-11-7-8-13(17-2)10-14(11)12;1-2/h7-10H,3-6H2,1-2H3;1-2H3/b12-9+;. The Morgan fingerprint density at radius 3 is 2.70 bits per heavy atom. The van der Waals surface area contributed by atoms with Gasteiger partial charge in [0.15, 0.2) is 0 Å². The summed E-state index contributed by atoms with van der Waals surface area (Å²) in [6.45, 7) is 6.22. The van der Waals surface area contributed by atoms with Gasteiger partial charge in [0.1, 0.15) is 5.75 Å². The van der Waals surface area contributed by atoms with E-state index in [1.54, 1.807) is 13.2 Å². The van der Waals surface area contributed by atoms with Crippen LogP contribution in [0.3, 0.4) is 0 Å². The van der Waals surface area contributed by atoms with Crippen LogP contribution in [0, 0.1) is 0 Å². The number of carbonyl (C=O) groups is 1. The Hall–Kier alpha value is -1.77. The average Bonchev–Trinajstić information content (AvgIpc) is 2.49. The van der Waals surface area contributed by atoms with Gasteiger partial charge in [0, 0.05) is 6.08 Å². The second-order valence-electron chi connectivity index (χ2n) is 4.30. The summed E-state index contributed by atoms with van der Waals surface area (Å²) in [5.74, 6) is 0.563. The first-order valence-electron chi connectivity index (χ1n) is 7.29. The van der Waals surface area contributed by atoms with Gasteiger partial charge < -0.3 is 9.47 Å². The highest BCUT2D eigenvalue weighted by Gasteiger charge is 2.16. The number of methoxy groups -OCH3 is 1. The number of esters is 1. The maximum absolute atomic E-state index is 11.5. The van der Waals surface area contributed by atoms with Crippen molar-refractivity contribution in [2.75, 3.05) is 13.7 Å². The van der Waals surface area contributed by atoms with Crippen molar-refractivity contribution in [3.8, 4) is 5.75 Å². The molecule has 0 N–H and O–H groups in total. The maximum atomic E-state index is 11.5. The lowest BCUT2D eigenvalue weighted by Crippen LogP contribution is -2.06. The highest BCUT2D eigenvalue weighted by molar-refractivity contribution is 5.92. The summed E-state index contributed by atoms with van der Waals surface area (Å²) >= 11 is 0. The van der Waals surface area contributed by atoms with Gasteiger partial charge in [-0.1, -0.05) is 19.9 Å². The van der Waals surface area contributed by atoms with Crippen molar-refractivity contribution >= 4 is 11.5 Å². The second kappa shape index (κ2) is 8.41. The van der Waals surface area contributed by atoms with Crippen LogP contribution < -0.4 is 4.74 Å². The predicted octanol–water partition coefficient (Wildman–Crippen LogP) is 4.00. The van der Waals surface area contributed by atoms with Crippen molar-refractivity contribution in [3.63, 3.8) is 0 Å². The van der Waals surface area contributed by atoms with Crippen molar-refractivity contribution in [3.05, 3.63) is 35.4 Å². The Kier molecular flexibility index (Phi) is 6.85. The fourth-order valence-corrected chi connectivity index (χ4v) is 2.28. The summed E-state index contributed by atoms with van der Waals surface area (Å²) in [6, 6.07) is 6.04. The maximum Gasteiger partial charge on any atom is 0.331 e. The minimum atomic E-state index is -0.261. The van der Waals surface area contributed by atoms with E-state index in [4.69, 9.17) is 9.47 Å². The monoisotopic (exact) mass is 276 g/mol. The number of allylic oxidation sites excluding steroid dienone is 1. The number of fused-ring (bicyclic) bond motifs is 1. The molecule has 0 amide bonds. The predicted molar refractivity (Wildman–Crippen MR) is 81.9 cm³/mol. The van der Waals surface area contributed by atoms with Gasteiger partial charge in [0.05, 0.1) is 13.7 Å². The van der Waals surface area contributed by atoms with Crippen molar-refractivity contribution in [2.45, 2.75) is 40.0 Å². The number of carbonyl (C=O) groups excluding carboxylic acids is 1. The number of hydrogen-bond donors (Lipinski definition) is 0. The van der Waals surface area contributed by atoms with Crippen LogP contribution >= 0.6 is 0 Å². The molecule has 0 fully saturated rings. The number of hydrogen-bond acceptors (Lipinski definition) is 3. The minimum absolute atomic E-state index is 0.261. The van der Waals surface area contributed by atoms with Crippen molar-refractivity contribution in [2.24, 2.45) is 0 Å². The first kappa shape index (κ1) is 16.3. The highest BCUT2D eigenvalue weighted by atomic mass is 16.5. The Balaban J connectivity index is 0.000000956. The molecule has 1 aromatic rings. The lowest BCUT2D eigenvalue weighted by molar-refractivity contribution is -0.137. The normalized spacial score (nSPS) is 14.9. The molecule has 110 valence electrons. The third kappa shape index (κ3) is 4.12. The van der Waals surface area contributed by atoms with Crippen LogP contribution in [0.15, 0.2) is 24.3 Å². The molecule has 0 atom stereocenters. The Bertz CT molecular complexity index is 475. The van der Waals surface area contributed by atoms with E-state index in [0.717, 1.165) is 36.1 Å². The Labute approximate surface area is 121 Å². The summed E-state index contributed by atoms with van der Waals surface area (Å²) in [6.07, 6.45) is 4.66. The molecule has 3 heteroatoms. The van der Waals surface area contributed by atoms with Crippen LogP contribution in [0.2, 0.25) is 0 Å². The fraction of sp³-hybridized carbons (Fsp3) is 0.471. The molecule has 1 aromatic carbocycles. The van der Waals surface area contributed by atoms with Crippen LogP contribution in [0.1, 0.15) is 44.7 Å². The molecular formula is C17H24O3. The van der Waals surface area contributed by atoms with Crippen LogP contribution in [-0.2, 0) is 16.0 Å². The Morgan fingerprint density at radius 2 is 2.05 bits per heavy atom. The summed E-state index contributed by atoms with van der Waals surface area (Å²) < 4.78 is 10.2. The zero-order chi connectivity index (χ0) is 15.0. The largest absolute Gasteiger partial charge is 0.497 e. The van der Waals surface area contributed by atoms with Gasteiger partial charge >= 0.3 is 5.97 Å². The van der Waals surface area contributed by atoms with E-state index >= 15 is 0 Å². The molecule has 20 heavy (non-hydrogen) atoms. The number of aryl methyl sites for hydroxylation is 1. The fourth-order valence-electron chi connectivity index (χ4n) is 2.28. The molecule has 0 spiro atoms. The van der Waals surface area contributed by atoms with Gasteiger partial charge in [-0.25, -0.2) is 4.79 Å². The van der Waals surface area contributed by atoms with Gasteiger partial charge in [-0.15, -0.1) is 0 Å². The highest BCUT2D eigenvalue weighted by Crippen LogP contribution is 2.33. The van der Waals surface area contributed by atoms with Crippen molar-refractivity contribution in [1.29, 1.82) is 0 Å². The number of ether oxygens (including phenoxy) is 2. The minimum Gasteiger partial charge on any atom is -0.497 e. The third-order valence-corrected chi connectivity index (χ3v) is 3.13. The van der Waals surface area contributed by atoms with Crippen LogP contribution in [0.4, 0.5) is 0 Å². The second-order valence-corrected chi connectivity index (χ2v) is 4.30. The van der Waals surface area contributed by atoms with Gasteiger partial charge in [-0.3, -0.25) is 0 Å². The quantitative estimate of drug-likeness (QED) is 0.618. The lowest BCUT2D eigenvalue weighted by atomic mass is 9.87. The van der Waals surface area contributed by atoms with Crippen molar-refractivity contribution in [1.82, 2.24) is 0 Å². The molecule has 1 aliphatic rings. The summed E-state index contributed by atoms with van der Waals surface area (Å²) in [5.41, 5.74) is 3.44. The molecule has 0 radical (unpaired) electrons. The molecule has 0 bridgehead atoms. The number of benzene rings is 1. The van der Waals surface area contributed by atoms with Crippen molar-refractivity contribution < 1.29 is 14.3 Å². The van der Waals surface area contributed by atoms with E-state index in [2.05, 4.69) is 6.07 Å². The average molecular weight is 276 g/mol. The first-order chi connectivity index (χ1) is 9.74. The zero-order valence-electron chi connectivity index (χ0n) is 12.9. The molecule has 1 aliphatic carbocycles. The van der Waals surface area contributed by atoms with Gasteiger partial charge in [-0.05, 0) is 55.0 Å². The van der Waals surface area contributed by atoms with Gasteiger partial charge in [-0.2, -0.15) is 0 Å². The molecule has 0 saturated carbocycles. The molecule has 0 aromatic heterocycles. The first-order valence-corrected chi connectivity index (χ1v) is 7.29. The number of rotatable bonds is 3. The molecule has 0 aliphatic heterocycles. The molecule has 3 nitrogen and oxygen atoms in total. The van der Waals surface area contributed by atoms with E-state index < -0.39 is 0 Å². The topological polar surface area (TPSA) is 35.5 Å². The van der Waals surface area contributed by atoms with E-state index in [0.29, 0.717) is 6.61 Å². The zero-order valence-corrected chi connectivity index (χ0v) is 12.9. The van der Waals surface area contributed by atoms with Crippen LogP contribution in [0.5, 0.6) is 5.75 Å². The SMILES string of the molecule is CC.CCOC(=O)/C=C1\CCCc2ccc(OC)cc21. The van der Waals surface area contributed by atoms with E-state index in [1.165, 1.54) is 5.56 Å². The van der Waals surface area contributed by atoms with Crippen LogP contribution in [-0.4, -0.2) is 19.7 Å². The molecule has 0 unspecified atom stereocenters. The van der Waals surface area contributed by atoms with Gasteiger partial charge in [0.25, 0.3) is 0 Å². The van der Waals surface area contributed by atoms with E-state index in [9.17, 15) is 4.79 Å². The van der Waals surface area contributed by atoms with Crippen LogP contribution in [0.25, 0.3) is 5.57 Å². The molecule has 0 saturated heterocycles. The third-order valence-electron chi connectivity index (χ3n) is 3.13. The summed E-state index contributed by atoms with van der Waals surface area (Å²) in [7, 11) is 1.65. The Morgan fingerprint density at radius 1 is 1.30 bits per heavy atom. The summed E-state index contributed by atoms with van der Waals surface area (Å²) in [4.78, 5) is 11.5. The molecule has 0 heterocycles. The smallest absolute Gasteiger partial charge is 0.331 e.